The molecule has 0 saturated heterocycles. The lowest BCUT2D eigenvalue weighted by Crippen LogP contribution is -2.35. The van der Waals surface area contributed by atoms with Gasteiger partial charge in [-0.3, -0.25) is 0 Å². The molecule has 2 atom stereocenters. The molecule has 5 nitrogen and oxygen atoms in total. The Labute approximate surface area is 161 Å². The van der Waals surface area contributed by atoms with Crippen molar-refractivity contribution in [3.05, 3.63) is 35.2 Å². The largest absolute Gasteiger partial charge is 0.492 e. The summed E-state index contributed by atoms with van der Waals surface area (Å²) in [5, 5.41) is 5.88. The zero-order valence-electron chi connectivity index (χ0n) is 12.7. The van der Waals surface area contributed by atoms with Crippen molar-refractivity contribution in [2.75, 3.05) is 22.4 Å². The van der Waals surface area contributed by atoms with Crippen LogP contribution in [0, 0.1) is 5.82 Å². The second-order valence-electron chi connectivity index (χ2n) is 5.01. The van der Waals surface area contributed by atoms with E-state index in [9.17, 15) is 13.2 Å². The number of para-hydroxylation sites is 1. The number of ether oxygens (including phenoxy) is 1. The van der Waals surface area contributed by atoms with Crippen LogP contribution in [-0.2, 0) is 0 Å². The van der Waals surface area contributed by atoms with Gasteiger partial charge in [-0.1, -0.05) is 17.7 Å². The molecule has 2 heterocycles. The van der Waals surface area contributed by atoms with Gasteiger partial charge >= 0.3 is 0 Å². The molecule has 2 N–H and O–H groups in total. The molecule has 0 saturated carbocycles. The number of pyridine rings is 1. The predicted molar refractivity (Wildman–Crippen MR) is 104 cm³/mol. The third kappa shape index (κ3) is 3.54. The number of hydrogen-bond donors (Lipinski definition) is 2. The number of aromatic nitrogens is 1. The molecule has 3 rings (SSSR count). The third-order valence-electron chi connectivity index (χ3n) is 3.54. The standard InChI is InChI=1S/C14H12ClF3IN4OP/c1-24-11-6(16)3-2-4-7(11)20-8-5-9(15)21-13-10(8)22-14(12(17)18)23(13)25-19/h2-5,12,14,22,25H,1H3,(H,20,21). The smallest absolute Gasteiger partial charge is 0.277 e. The highest BCUT2D eigenvalue weighted by atomic mass is 127. The van der Waals surface area contributed by atoms with Gasteiger partial charge in [-0.15, -0.1) is 0 Å². The van der Waals surface area contributed by atoms with Crippen molar-refractivity contribution >= 4 is 62.9 Å². The van der Waals surface area contributed by atoms with Crippen LogP contribution in [0.25, 0.3) is 0 Å². The first-order valence-electron chi connectivity index (χ1n) is 6.96. The minimum absolute atomic E-state index is 0.0141. The van der Waals surface area contributed by atoms with Crippen molar-refractivity contribution < 1.29 is 17.9 Å². The van der Waals surface area contributed by atoms with E-state index in [-0.39, 0.29) is 17.3 Å². The third-order valence-corrected chi connectivity index (χ3v) is 5.96. The number of hydrogen-bond acceptors (Lipinski definition) is 5. The highest BCUT2D eigenvalue weighted by molar-refractivity contribution is 14.2. The first-order valence-corrected chi connectivity index (χ1v) is 11.4. The normalized spacial score (nSPS) is 16.4. The Kier molecular flexibility index (Phi) is 5.65. The van der Waals surface area contributed by atoms with Gasteiger partial charge in [-0.2, -0.15) is 0 Å². The van der Waals surface area contributed by atoms with Gasteiger partial charge in [-0.05, 0) is 34.2 Å². The average Bonchev–Trinajstić information content (AvgIpc) is 2.94. The molecule has 11 heteroatoms. The van der Waals surface area contributed by atoms with Gasteiger partial charge in [0.1, 0.15) is 10.8 Å². The number of fused-ring (bicyclic) bond motifs is 1. The average molecular weight is 503 g/mol. The highest BCUT2D eigenvalue weighted by Crippen LogP contribution is 2.49. The van der Waals surface area contributed by atoms with Crippen molar-refractivity contribution in [3.8, 4) is 5.75 Å². The number of halogens is 5. The zero-order chi connectivity index (χ0) is 18.1. The van der Waals surface area contributed by atoms with Gasteiger partial charge in [0.25, 0.3) is 6.43 Å². The first-order chi connectivity index (χ1) is 12.0. The van der Waals surface area contributed by atoms with Crippen molar-refractivity contribution in [1.82, 2.24) is 4.98 Å². The summed E-state index contributed by atoms with van der Waals surface area (Å²) in [5.41, 5.74) is 1.13. The topological polar surface area (TPSA) is 49.4 Å². The lowest BCUT2D eigenvalue weighted by Gasteiger charge is -2.22. The molecule has 25 heavy (non-hydrogen) atoms. The molecule has 2 aromatic rings. The summed E-state index contributed by atoms with van der Waals surface area (Å²) >= 11 is 8.06. The van der Waals surface area contributed by atoms with E-state index in [1.165, 1.54) is 30.0 Å². The molecular weight excluding hydrogens is 491 g/mol. The van der Waals surface area contributed by atoms with E-state index in [0.29, 0.717) is 22.9 Å². The Morgan fingerprint density at radius 2 is 2.20 bits per heavy atom. The van der Waals surface area contributed by atoms with E-state index < -0.39 is 18.4 Å². The van der Waals surface area contributed by atoms with Crippen LogP contribution < -0.4 is 20.0 Å². The summed E-state index contributed by atoms with van der Waals surface area (Å²) in [6, 6.07) is 5.87. The first kappa shape index (κ1) is 18.6. The van der Waals surface area contributed by atoms with Crippen molar-refractivity contribution in [2.45, 2.75) is 12.6 Å². The van der Waals surface area contributed by atoms with Crippen molar-refractivity contribution in [3.63, 3.8) is 0 Å². The van der Waals surface area contributed by atoms with Crippen LogP contribution in [0.5, 0.6) is 5.75 Å². The minimum atomic E-state index is -2.62. The number of benzene rings is 1. The van der Waals surface area contributed by atoms with E-state index in [2.05, 4.69) is 15.6 Å². The Balaban J connectivity index is 2.05. The summed E-state index contributed by atoms with van der Waals surface area (Å²) in [6.45, 7) is 0. The summed E-state index contributed by atoms with van der Waals surface area (Å²) in [7, 11) is 1.34. The van der Waals surface area contributed by atoms with Crippen molar-refractivity contribution in [1.29, 1.82) is 0 Å². The van der Waals surface area contributed by atoms with Gasteiger partial charge < -0.3 is 20.0 Å². The molecule has 1 aromatic carbocycles. The highest BCUT2D eigenvalue weighted by Gasteiger charge is 2.38. The fraction of sp³-hybridized carbons (Fsp3) is 0.214. The quantitative estimate of drug-likeness (QED) is 0.326. The summed E-state index contributed by atoms with van der Waals surface area (Å²) in [4.78, 5) is 4.15. The van der Waals surface area contributed by atoms with Crippen LogP contribution in [0.15, 0.2) is 24.3 Å². The Morgan fingerprint density at radius 3 is 2.84 bits per heavy atom. The summed E-state index contributed by atoms with van der Waals surface area (Å²) in [5.74, 6) is -0.207. The number of alkyl halides is 2. The fourth-order valence-electron chi connectivity index (χ4n) is 2.49. The maximum atomic E-state index is 13.9. The maximum absolute atomic E-state index is 13.9. The molecule has 0 bridgehead atoms. The van der Waals surface area contributed by atoms with Gasteiger partial charge in [0.15, 0.2) is 23.6 Å². The van der Waals surface area contributed by atoms with Crippen LogP contribution in [0.1, 0.15) is 0 Å². The SMILES string of the molecule is COc1c(F)cccc1Nc1cc(Cl)nc2c1NC(C(F)F)N2PI. The van der Waals surface area contributed by atoms with Gasteiger partial charge in [0.05, 0.1) is 18.5 Å². The van der Waals surface area contributed by atoms with Crippen LogP contribution in [0.2, 0.25) is 5.15 Å². The lowest BCUT2D eigenvalue weighted by atomic mass is 10.2. The van der Waals surface area contributed by atoms with E-state index in [0.717, 1.165) is 0 Å². The van der Waals surface area contributed by atoms with Crippen LogP contribution in [-0.4, -0.2) is 24.7 Å². The lowest BCUT2D eigenvalue weighted by molar-refractivity contribution is 0.130. The second kappa shape index (κ2) is 7.59. The monoisotopic (exact) mass is 502 g/mol. The molecular formula is C14H12ClF3IN4OP. The molecule has 1 aliphatic rings. The van der Waals surface area contributed by atoms with E-state index in [1.807, 2.05) is 22.0 Å². The van der Waals surface area contributed by atoms with E-state index in [1.54, 1.807) is 6.07 Å². The number of methoxy groups -OCH3 is 1. The van der Waals surface area contributed by atoms with E-state index >= 15 is 0 Å². The molecule has 2 unspecified atom stereocenters. The summed E-state index contributed by atoms with van der Waals surface area (Å²) in [6.07, 6.45) is -3.79. The van der Waals surface area contributed by atoms with E-state index in [4.69, 9.17) is 16.3 Å². The second-order valence-corrected chi connectivity index (χ2v) is 7.50. The molecule has 0 fully saturated rings. The molecule has 0 spiro atoms. The van der Waals surface area contributed by atoms with Crippen molar-refractivity contribution in [2.24, 2.45) is 0 Å². The van der Waals surface area contributed by atoms with Gasteiger partial charge in [-0.25, -0.2) is 18.2 Å². The van der Waals surface area contributed by atoms with Gasteiger partial charge in [0.2, 0.25) is 0 Å². The Bertz CT molecular complexity index is 801. The fourth-order valence-corrected chi connectivity index (χ4v) is 4.79. The molecule has 1 aliphatic heterocycles. The van der Waals surface area contributed by atoms with Crippen LogP contribution >= 0.6 is 40.0 Å². The Morgan fingerprint density at radius 1 is 1.44 bits per heavy atom. The molecule has 0 amide bonds. The molecule has 134 valence electrons. The van der Waals surface area contributed by atoms with Gasteiger partial charge in [0, 0.05) is 12.4 Å². The summed E-state index contributed by atoms with van der Waals surface area (Å²) < 4.78 is 47.0. The number of nitrogens with one attached hydrogen (secondary N) is 2. The molecule has 0 radical (unpaired) electrons. The van der Waals surface area contributed by atoms with Crippen LogP contribution in [0.4, 0.5) is 36.1 Å². The Hall–Kier alpha value is -1.19. The zero-order valence-corrected chi connectivity index (χ0v) is 16.6. The molecule has 0 aliphatic carbocycles. The number of anilines is 4. The predicted octanol–water partition coefficient (Wildman–Crippen LogP) is 5.39. The van der Waals surface area contributed by atoms with Crippen LogP contribution in [0.3, 0.4) is 0 Å². The minimum Gasteiger partial charge on any atom is -0.492 e. The number of nitrogens with zero attached hydrogens (tertiary/aromatic N) is 2. The number of rotatable bonds is 5. The maximum Gasteiger partial charge on any atom is 0.277 e. The molecule has 1 aromatic heterocycles.